The van der Waals surface area contributed by atoms with E-state index in [0.29, 0.717) is 22.9 Å². The molecule has 0 unspecified atom stereocenters. The van der Waals surface area contributed by atoms with Crippen molar-refractivity contribution in [2.45, 2.75) is 13.5 Å². The summed E-state index contributed by atoms with van der Waals surface area (Å²) in [6.07, 6.45) is 0. The Morgan fingerprint density at radius 2 is 1.76 bits per heavy atom. The number of carbonyl (C=O) groups excluding carboxylic acids is 1. The van der Waals surface area contributed by atoms with Crippen LogP contribution in [0.5, 0.6) is 5.75 Å². The number of thiocarbonyl (C=S) groups is 1. The van der Waals surface area contributed by atoms with Gasteiger partial charge in [0.25, 0.3) is 5.91 Å². The first-order valence-corrected chi connectivity index (χ1v) is 12.4. The fourth-order valence-electron chi connectivity index (χ4n) is 3.85. The zero-order valence-corrected chi connectivity index (χ0v) is 21.5. The lowest BCUT2D eigenvalue weighted by Crippen LogP contribution is -2.34. The van der Waals surface area contributed by atoms with Gasteiger partial charge in [0.2, 0.25) is 0 Å². The van der Waals surface area contributed by atoms with Crippen molar-refractivity contribution in [3.8, 4) is 17.1 Å². The van der Waals surface area contributed by atoms with Crippen LogP contribution in [-0.4, -0.2) is 21.0 Å². The number of fused-ring (bicyclic) bond motifs is 1. The summed E-state index contributed by atoms with van der Waals surface area (Å²) in [5.41, 5.74) is 5.98. The minimum atomic E-state index is -0.320. The number of anilines is 1. The molecule has 8 heteroatoms. The van der Waals surface area contributed by atoms with Gasteiger partial charge < -0.3 is 15.0 Å². The van der Waals surface area contributed by atoms with Crippen LogP contribution in [0, 0.1) is 6.92 Å². The third-order valence-electron chi connectivity index (χ3n) is 5.84. The second kappa shape index (κ2) is 10.8. The Labute approximate surface area is 224 Å². The number of hydrogen-bond acceptors (Lipinski definition) is 4. The van der Waals surface area contributed by atoms with E-state index in [-0.39, 0.29) is 11.0 Å². The smallest absolute Gasteiger partial charge is 0.257 e. The monoisotopic (exact) mass is 526 g/mol. The molecular weight excluding hydrogens is 504 g/mol. The number of nitrogens with zero attached hydrogens (tertiary/aromatic N) is 1. The summed E-state index contributed by atoms with van der Waals surface area (Å²) in [5, 5.41) is 6.66. The molecule has 5 rings (SSSR count). The first kappa shape index (κ1) is 24.5. The average molecular weight is 527 g/mol. The molecule has 0 aliphatic heterocycles. The maximum atomic E-state index is 12.7. The van der Waals surface area contributed by atoms with Crippen molar-refractivity contribution in [1.29, 1.82) is 0 Å². The lowest BCUT2D eigenvalue weighted by Gasteiger charge is -2.12. The quantitative estimate of drug-likeness (QED) is 0.210. The van der Waals surface area contributed by atoms with E-state index in [1.54, 1.807) is 24.3 Å². The van der Waals surface area contributed by atoms with Gasteiger partial charge in [0.05, 0.1) is 11.0 Å². The van der Waals surface area contributed by atoms with Crippen LogP contribution < -0.4 is 15.4 Å². The molecule has 0 atom stereocenters. The topological polar surface area (TPSA) is 79.0 Å². The first-order chi connectivity index (χ1) is 18.0. The first-order valence-electron chi connectivity index (χ1n) is 11.6. The van der Waals surface area contributed by atoms with Gasteiger partial charge in [-0.25, -0.2) is 4.98 Å². The molecule has 0 fully saturated rings. The van der Waals surface area contributed by atoms with Gasteiger partial charge >= 0.3 is 0 Å². The summed E-state index contributed by atoms with van der Waals surface area (Å²) in [4.78, 5) is 20.8. The summed E-state index contributed by atoms with van der Waals surface area (Å²) >= 11 is 11.6. The maximum absolute atomic E-state index is 12.7. The average Bonchev–Trinajstić information content (AvgIpc) is 3.34. The number of aromatic amines is 1. The van der Waals surface area contributed by atoms with Crippen molar-refractivity contribution in [2.24, 2.45) is 0 Å². The normalized spacial score (nSPS) is 10.8. The van der Waals surface area contributed by atoms with Crippen LogP contribution in [0.4, 0.5) is 5.69 Å². The fourth-order valence-corrected chi connectivity index (χ4v) is 4.25. The van der Waals surface area contributed by atoms with Gasteiger partial charge in [-0.1, -0.05) is 48.0 Å². The summed E-state index contributed by atoms with van der Waals surface area (Å²) < 4.78 is 5.78. The van der Waals surface area contributed by atoms with E-state index < -0.39 is 0 Å². The third-order valence-corrected chi connectivity index (χ3v) is 6.41. The van der Waals surface area contributed by atoms with Gasteiger partial charge in [0, 0.05) is 27.4 Å². The molecular formula is C29H23ClN4O2S. The molecule has 0 aliphatic carbocycles. The van der Waals surface area contributed by atoms with Gasteiger partial charge in [-0.2, -0.15) is 0 Å². The van der Waals surface area contributed by atoms with E-state index >= 15 is 0 Å². The van der Waals surface area contributed by atoms with Crippen molar-refractivity contribution in [3.05, 3.63) is 113 Å². The Kier molecular flexibility index (Phi) is 7.16. The Morgan fingerprint density at radius 1 is 1.00 bits per heavy atom. The molecule has 1 amide bonds. The van der Waals surface area contributed by atoms with Crippen molar-refractivity contribution < 1.29 is 9.53 Å². The van der Waals surface area contributed by atoms with Crippen molar-refractivity contribution in [2.75, 3.05) is 5.32 Å². The van der Waals surface area contributed by atoms with E-state index in [0.717, 1.165) is 39.2 Å². The molecule has 5 aromatic rings. The SMILES string of the molecule is Cc1ccc(NC(=S)NC(=O)c2ccc(OCc3ccccc3Cl)cc2)cc1-c1nc2ccccc2[nH]1. The van der Waals surface area contributed by atoms with Crippen LogP contribution in [0.2, 0.25) is 5.02 Å². The van der Waals surface area contributed by atoms with E-state index in [4.69, 9.17) is 33.5 Å². The molecule has 0 spiro atoms. The number of rotatable bonds is 6. The van der Waals surface area contributed by atoms with Gasteiger partial charge in [-0.3, -0.25) is 10.1 Å². The molecule has 0 bridgehead atoms. The Bertz CT molecular complexity index is 1560. The number of carbonyl (C=O) groups is 1. The van der Waals surface area contributed by atoms with Crippen molar-refractivity contribution >= 4 is 51.6 Å². The molecule has 0 saturated heterocycles. The van der Waals surface area contributed by atoms with Crippen LogP contribution in [0.1, 0.15) is 21.5 Å². The van der Waals surface area contributed by atoms with Crippen LogP contribution in [-0.2, 0) is 6.61 Å². The molecule has 6 nitrogen and oxygen atoms in total. The number of halogens is 1. The largest absolute Gasteiger partial charge is 0.489 e. The number of ether oxygens (including phenoxy) is 1. The fraction of sp³-hybridized carbons (Fsp3) is 0.0690. The number of hydrogen-bond donors (Lipinski definition) is 3. The maximum Gasteiger partial charge on any atom is 0.257 e. The van der Waals surface area contributed by atoms with Gasteiger partial charge in [-0.05, 0) is 79.3 Å². The van der Waals surface area contributed by atoms with E-state index in [2.05, 4.69) is 15.6 Å². The zero-order valence-electron chi connectivity index (χ0n) is 19.9. The third kappa shape index (κ3) is 5.80. The van der Waals surface area contributed by atoms with Crippen molar-refractivity contribution in [1.82, 2.24) is 15.3 Å². The van der Waals surface area contributed by atoms with Gasteiger partial charge in [-0.15, -0.1) is 0 Å². The highest BCUT2D eigenvalue weighted by atomic mass is 35.5. The van der Waals surface area contributed by atoms with Crippen LogP contribution in [0.15, 0.2) is 91.0 Å². The standard InChI is InChI=1S/C29H23ClN4O2S/c1-18-10-13-21(16-23(18)27-32-25-8-4-5-9-26(25)33-27)31-29(37)34-28(35)19-11-14-22(15-12-19)36-17-20-6-2-3-7-24(20)30/h2-16H,17H2,1H3,(H,32,33)(H2,31,34,35,37). The molecule has 0 saturated carbocycles. The Balaban J connectivity index is 1.21. The van der Waals surface area contributed by atoms with Crippen LogP contribution >= 0.6 is 23.8 Å². The second-order valence-electron chi connectivity index (χ2n) is 8.44. The Hall–Kier alpha value is -4.20. The molecule has 0 radical (unpaired) electrons. The summed E-state index contributed by atoms with van der Waals surface area (Å²) in [5.74, 6) is 1.09. The highest BCUT2D eigenvalue weighted by Gasteiger charge is 2.12. The van der Waals surface area contributed by atoms with Gasteiger partial charge in [0.15, 0.2) is 5.11 Å². The number of aromatic nitrogens is 2. The molecule has 3 N–H and O–H groups in total. The Morgan fingerprint density at radius 3 is 2.54 bits per heavy atom. The number of aryl methyl sites for hydroxylation is 1. The van der Waals surface area contributed by atoms with E-state index in [1.165, 1.54) is 0 Å². The summed E-state index contributed by atoms with van der Waals surface area (Å²) in [7, 11) is 0. The molecule has 4 aromatic carbocycles. The molecule has 37 heavy (non-hydrogen) atoms. The highest BCUT2D eigenvalue weighted by molar-refractivity contribution is 7.80. The second-order valence-corrected chi connectivity index (χ2v) is 9.26. The number of H-pyrrole nitrogens is 1. The van der Waals surface area contributed by atoms with Crippen molar-refractivity contribution in [3.63, 3.8) is 0 Å². The molecule has 0 aliphatic rings. The molecule has 184 valence electrons. The lowest BCUT2D eigenvalue weighted by atomic mass is 10.1. The lowest BCUT2D eigenvalue weighted by molar-refractivity contribution is 0.0977. The number of benzene rings is 4. The minimum absolute atomic E-state index is 0.198. The van der Waals surface area contributed by atoms with E-state index in [1.807, 2.05) is 73.7 Å². The van der Waals surface area contributed by atoms with E-state index in [9.17, 15) is 4.79 Å². The number of para-hydroxylation sites is 2. The van der Waals surface area contributed by atoms with Gasteiger partial charge in [0.1, 0.15) is 18.2 Å². The minimum Gasteiger partial charge on any atom is -0.489 e. The summed E-state index contributed by atoms with van der Waals surface area (Å²) in [6.45, 7) is 2.36. The number of nitrogens with one attached hydrogen (secondary N) is 3. The zero-order chi connectivity index (χ0) is 25.8. The summed E-state index contributed by atoms with van der Waals surface area (Å²) in [6, 6.07) is 28.1. The van der Waals surface area contributed by atoms with Crippen LogP contribution in [0.3, 0.4) is 0 Å². The molecule has 1 aromatic heterocycles. The van der Waals surface area contributed by atoms with Crippen LogP contribution in [0.25, 0.3) is 22.4 Å². The number of amides is 1. The number of imidazole rings is 1. The molecule has 1 heterocycles. The highest BCUT2D eigenvalue weighted by Crippen LogP contribution is 2.26. The predicted molar refractivity (Wildman–Crippen MR) is 152 cm³/mol. The predicted octanol–water partition coefficient (Wildman–Crippen LogP) is 6.90.